The highest BCUT2D eigenvalue weighted by molar-refractivity contribution is 5.78. The van der Waals surface area contributed by atoms with Crippen LogP contribution in [0.1, 0.15) is 35.4 Å². The van der Waals surface area contributed by atoms with E-state index in [1.165, 1.54) is 0 Å². The number of rotatable bonds is 7. The minimum absolute atomic E-state index is 0.0629. The molecule has 7 heteroatoms. The lowest BCUT2D eigenvalue weighted by molar-refractivity contribution is -0.127. The molecule has 1 amide bonds. The molecular formula is C27H28N4O3. The number of likely N-dealkylation sites (N-methyl/N-ethyl adjacent to an activating group) is 1. The number of hydrogen-bond acceptors (Lipinski definition) is 6. The van der Waals surface area contributed by atoms with Crippen molar-refractivity contribution in [2.24, 2.45) is 0 Å². The van der Waals surface area contributed by atoms with Gasteiger partial charge in [0.05, 0.1) is 30.9 Å². The first-order chi connectivity index (χ1) is 16.5. The SMILES string of the molecule is CN(C)C(=O)Cc1cccc(Cc2nccc(-c3ccc(OC4CCOCC4)c(C#N)c3)n2)c1. The summed E-state index contributed by atoms with van der Waals surface area (Å²) < 4.78 is 11.4. The van der Waals surface area contributed by atoms with E-state index in [2.05, 4.69) is 11.1 Å². The van der Waals surface area contributed by atoms with Crippen LogP contribution in [-0.4, -0.2) is 54.2 Å². The predicted molar refractivity (Wildman–Crippen MR) is 128 cm³/mol. The molecule has 1 saturated heterocycles. The summed E-state index contributed by atoms with van der Waals surface area (Å²) in [6, 6.07) is 17.6. The lowest BCUT2D eigenvalue weighted by atomic mass is 10.0. The van der Waals surface area contributed by atoms with E-state index in [-0.39, 0.29) is 12.0 Å². The smallest absolute Gasteiger partial charge is 0.226 e. The Hall–Kier alpha value is -3.76. The number of benzene rings is 2. The van der Waals surface area contributed by atoms with Gasteiger partial charge in [-0.1, -0.05) is 24.3 Å². The Balaban J connectivity index is 1.50. The second-order valence-electron chi connectivity index (χ2n) is 8.57. The van der Waals surface area contributed by atoms with Gasteiger partial charge in [-0.15, -0.1) is 0 Å². The first kappa shape index (κ1) is 23.4. The van der Waals surface area contributed by atoms with Crippen LogP contribution >= 0.6 is 0 Å². The third-order valence-electron chi connectivity index (χ3n) is 5.77. The molecule has 0 bridgehead atoms. The number of hydrogen-bond donors (Lipinski definition) is 0. The van der Waals surface area contributed by atoms with Crippen LogP contribution in [0.25, 0.3) is 11.3 Å². The van der Waals surface area contributed by atoms with Crippen molar-refractivity contribution in [2.75, 3.05) is 27.3 Å². The van der Waals surface area contributed by atoms with Gasteiger partial charge in [-0.05, 0) is 35.4 Å². The molecule has 0 spiro atoms. The Bertz CT molecular complexity index is 1200. The summed E-state index contributed by atoms with van der Waals surface area (Å²) in [5.41, 5.74) is 4.08. The summed E-state index contributed by atoms with van der Waals surface area (Å²) >= 11 is 0. The zero-order valence-corrected chi connectivity index (χ0v) is 19.5. The highest BCUT2D eigenvalue weighted by atomic mass is 16.5. The highest BCUT2D eigenvalue weighted by Crippen LogP contribution is 2.27. The molecule has 0 saturated carbocycles. The van der Waals surface area contributed by atoms with Gasteiger partial charge in [-0.3, -0.25) is 4.79 Å². The van der Waals surface area contributed by atoms with Crippen molar-refractivity contribution in [1.29, 1.82) is 5.26 Å². The van der Waals surface area contributed by atoms with Gasteiger partial charge in [-0.25, -0.2) is 9.97 Å². The maximum Gasteiger partial charge on any atom is 0.226 e. The van der Waals surface area contributed by atoms with E-state index in [9.17, 15) is 10.1 Å². The van der Waals surface area contributed by atoms with Gasteiger partial charge in [0.1, 0.15) is 23.7 Å². The minimum atomic E-state index is 0.0629. The third-order valence-corrected chi connectivity index (χ3v) is 5.77. The Labute approximate surface area is 200 Å². The number of amides is 1. The zero-order valence-electron chi connectivity index (χ0n) is 19.5. The molecule has 0 unspecified atom stereocenters. The third kappa shape index (κ3) is 5.97. The molecule has 0 radical (unpaired) electrons. The summed E-state index contributed by atoms with van der Waals surface area (Å²) in [4.78, 5) is 22.8. The lowest BCUT2D eigenvalue weighted by Gasteiger charge is -2.23. The van der Waals surface area contributed by atoms with Gasteiger partial charge < -0.3 is 14.4 Å². The van der Waals surface area contributed by atoms with Crippen LogP contribution in [-0.2, 0) is 22.4 Å². The second kappa shape index (κ2) is 10.9. The van der Waals surface area contributed by atoms with Gasteiger partial charge in [0.25, 0.3) is 0 Å². The van der Waals surface area contributed by atoms with Crippen LogP contribution in [0.5, 0.6) is 5.75 Å². The standard InChI is InChI=1S/C27H28N4O3/c1-31(2)27(32)16-20-5-3-4-19(14-20)15-26-29-11-8-24(30-26)21-6-7-25(22(17-21)18-28)34-23-9-12-33-13-10-23/h3-8,11,14,17,23H,9-10,12-13,15-16H2,1-2H3. The maximum atomic E-state index is 12.0. The van der Waals surface area contributed by atoms with Gasteiger partial charge in [0.2, 0.25) is 5.91 Å². The fourth-order valence-electron chi connectivity index (χ4n) is 3.86. The molecule has 1 fully saturated rings. The van der Waals surface area contributed by atoms with Crippen molar-refractivity contribution in [2.45, 2.75) is 31.8 Å². The number of aromatic nitrogens is 2. The van der Waals surface area contributed by atoms with Crippen molar-refractivity contribution < 1.29 is 14.3 Å². The Morgan fingerprint density at radius 3 is 2.71 bits per heavy atom. The van der Waals surface area contributed by atoms with Gasteiger partial charge in [0.15, 0.2) is 0 Å². The fourth-order valence-corrected chi connectivity index (χ4v) is 3.86. The zero-order chi connectivity index (χ0) is 23.9. The Kier molecular flexibility index (Phi) is 7.51. The highest BCUT2D eigenvalue weighted by Gasteiger charge is 2.17. The molecule has 1 aromatic heterocycles. The van der Waals surface area contributed by atoms with Crippen LogP contribution in [0.3, 0.4) is 0 Å². The van der Waals surface area contributed by atoms with Crippen LogP contribution in [0.15, 0.2) is 54.7 Å². The van der Waals surface area contributed by atoms with E-state index < -0.39 is 0 Å². The fraction of sp³-hybridized carbons (Fsp3) is 0.333. The number of carbonyl (C=O) groups is 1. The van der Waals surface area contributed by atoms with Crippen LogP contribution < -0.4 is 4.74 Å². The van der Waals surface area contributed by atoms with E-state index in [1.807, 2.05) is 48.5 Å². The Morgan fingerprint density at radius 1 is 1.15 bits per heavy atom. The number of nitrogens with zero attached hydrogens (tertiary/aromatic N) is 4. The van der Waals surface area contributed by atoms with Gasteiger partial charge in [-0.2, -0.15) is 5.26 Å². The van der Waals surface area contributed by atoms with Crippen molar-refractivity contribution >= 4 is 5.91 Å². The largest absolute Gasteiger partial charge is 0.489 e. The van der Waals surface area contributed by atoms with Crippen molar-refractivity contribution in [3.05, 3.63) is 77.2 Å². The summed E-state index contributed by atoms with van der Waals surface area (Å²) in [6.07, 6.45) is 4.37. The predicted octanol–water partition coefficient (Wildman–Crippen LogP) is 3.79. The molecule has 1 aliphatic heterocycles. The van der Waals surface area contributed by atoms with E-state index in [0.717, 1.165) is 35.2 Å². The quantitative estimate of drug-likeness (QED) is 0.537. The molecule has 34 heavy (non-hydrogen) atoms. The van der Waals surface area contributed by atoms with Gasteiger partial charge in [0, 0.05) is 45.1 Å². The van der Waals surface area contributed by atoms with Gasteiger partial charge >= 0.3 is 0 Å². The van der Waals surface area contributed by atoms with E-state index >= 15 is 0 Å². The Morgan fingerprint density at radius 2 is 1.94 bits per heavy atom. The van der Waals surface area contributed by atoms with Crippen molar-refractivity contribution in [3.8, 4) is 23.1 Å². The molecule has 0 atom stereocenters. The normalized spacial score (nSPS) is 13.8. The molecule has 0 aliphatic carbocycles. The maximum absolute atomic E-state index is 12.0. The average Bonchev–Trinajstić information content (AvgIpc) is 2.85. The van der Waals surface area contributed by atoms with E-state index in [4.69, 9.17) is 14.5 Å². The number of carbonyl (C=O) groups excluding carboxylic acids is 1. The number of ether oxygens (including phenoxy) is 2. The molecular weight excluding hydrogens is 428 g/mol. The molecule has 7 nitrogen and oxygen atoms in total. The topological polar surface area (TPSA) is 88.3 Å². The first-order valence-electron chi connectivity index (χ1n) is 11.4. The molecule has 2 aromatic carbocycles. The molecule has 4 rings (SSSR count). The van der Waals surface area contributed by atoms with Crippen molar-refractivity contribution in [1.82, 2.24) is 14.9 Å². The average molecular weight is 457 g/mol. The second-order valence-corrected chi connectivity index (χ2v) is 8.57. The summed E-state index contributed by atoms with van der Waals surface area (Å²) in [6.45, 7) is 1.37. The van der Waals surface area contributed by atoms with Crippen LogP contribution in [0, 0.1) is 11.3 Å². The van der Waals surface area contributed by atoms with E-state index in [1.54, 1.807) is 25.2 Å². The summed E-state index contributed by atoms with van der Waals surface area (Å²) in [5.74, 6) is 1.33. The van der Waals surface area contributed by atoms with Crippen molar-refractivity contribution in [3.63, 3.8) is 0 Å². The first-order valence-corrected chi connectivity index (χ1v) is 11.4. The molecule has 1 aliphatic rings. The molecule has 0 N–H and O–H groups in total. The molecule has 2 heterocycles. The summed E-state index contributed by atoms with van der Waals surface area (Å²) in [7, 11) is 3.51. The number of nitriles is 1. The van der Waals surface area contributed by atoms with Crippen LogP contribution in [0.4, 0.5) is 0 Å². The minimum Gasteiger partial charge on any atom is -0.489 e. The van der Waals surface area contributed by atoms with Crippen LogP contribution in [0.2, 0.25) is 0 Å². The molecule has 3 aromatic rings. The lowest BCUT2D eigenvalue weighted by Crippen LogP contribution is -2.26. The summed E-state index contributed by atoms with van der Waals surface area (Å²) in [5, 5.41) is 9.68. The van der Waals surface area contributed by atoms with E-state index in [0.29, 0.717) is 43.2 Å². The molecule has 174 valence electrons. The monoisotopic (exact) mass is 456 g/mol.